The van der Waals surface area contributed by atoms with Gasteiger partial charge in [0.25, 0.3) is 0 Å². The molecule has 0 saturated heterocycles. The van der Waals surface area contributed by atoms with Crippen molar-refractivity contribution in [3.8, 4) is 0 Å². The van der Waals surface area contributed by atoms with Crippen molar-refractivity contribution in [2.75, 3.05) is 0 Å². The Bertz CT molecular complexity index is 429. The molecule has 5 atom stereocenters. The summed E-state index contributed by atoms with van der Waals surface area (Å²) in [6.45, 7) is 0. The number of carboxylic acids is 1. The normalized spacial score (nSPS) is 29.9. The van der Waals surface area contributed by atoms with Crippen molar-refractivity contribution in [1.82, 2.24) is 0 Å². The Balaban J connectivity index is 1.67. The zero-order valence-corrected chi connectivity index (χ0v) is 11.3. The van der Waals surface area contributed by atoms with Crippen LogP contribution in [0.25, 0.3) is 0 Å². The lowest BCUT2D eigenvalue weighted by atomic mass is 10.0. The minimum absolute atomic E-state index is 0.197. The molecule has 1 fully saturated rings. The first-order chi connectivity index (χ1) is 9.60. The predicted molar refractivity (Wildman–Crippen MR) is 71.6 cm³/mol. The molecule has 6 nitrogen and oxygen atoms in total. The van der Waals surface area contributed by atoms with Gasteiger partial charge in [0.2, 0.25) is 6.08 Å². The summed E-state index contributed by atoms with van der Waals surface area (Å²) in [5.74, 6) is 0.00841. The van der Waals surface area contributed by atoms with Crippen molar-refractivity contribution in [1.29, 1.82) is 0 Å². The van der Waals surface area contributed by atoms with Crippen molar-refractivity contribution in [3.05, 3.63) is 12.2 Å². The van der Waals surface area contributed by atoms with Gasteiger partial charge in [0, 0.05) is 5.92 Å². The number of hydrogen-bond donors (Lipinski definition) is 2. The molecule has 6 heteroatoms. The van der Waals surface area contributed by atoms with Crippen LogP contribution >= 0.6 is 0 Å². The number of allylic oxidation sites excluding steroid dienone is 1. The van der Waals surface area contributed by atoms with E-state index >= 15 is 0 Å². The molecule has 2 aliphatic carbocycles. The monoisotopic (exact) mass is 280 g/mol. The molecule has 1 saturated carbocycles. The molecule has 0 aromatic rings. The summed E-state index contributed by atoms with van der Waals surface area (Å²) in [7, 11) is 0. The largest absolute Gasteiger partial charge is 0.480 e. The van der Waals surface area contributed by atoms with Crippen molar-refractivity contribution in [3.63, 3.8) is 0 Å². The maximum Gasteiger partial charge on any atom is 0.329 e. The van der Waals surface area contributed by atoms with Crippen LogP contribution in [0, 0.1) is 11.8 Å². The summed E-state index contributed by atoms with van der Waals surface area (Å²) in [6, 6.07) is -1.02. The van der Waals surface area contributed by atoms with E-state index in [1.54, 1.807) is 0 Å². The summed E-state index contributed by atoms with van der Waals surface area (Å²) < 4.78 is 5.82. The number of aliphatic carboxylic acids is 1. The number of ether oxygens (including phenoxy) is 1. The van der Waals surface area contributed by atoms with Crippen LogP contribution in [0.15, 0.2) is 17.1 Å². The number of nitrogens with zero attached hydrogens (tertiary/aromatic N) is 1. The highest BCUT2D eigenvalue weighted by Crippen LogP contribution is 2.41. The summed E-state index contributed by atoms with van der Waals surface area (Å²) in [6.07, 6.45) is 9.13. The number of fused-ring (bicyclic) bond motifs is 2. The maximum atomic E-state index is 10.8. The fourth-order valence-electron chi connectivity index (χ4n) is 3.00. The standard InChI is InChI=1S/C14H20N2O4/c15-13(3-1-2-11(14(18)19)16-8-17)20-12-7-9-4-5-10(12)6-9/h4-5,9-13H,1-3,6-7,15H2,(H,18,19). The molecule has 0 aliphatic heterocycles. The number of nitrogens with two attached hydrogens (primary N) is 1. The highest BCUT2D eigenvalue weighted by Gasteiger charge is 2.37. The first kappa shape index (κ1) is 14.9. The lowest BCUT2D eigenvalue weighted by Crippen LogP contribution is -2.32. The molecule has 0 amide bonds. The molecular weight excluding hydrogens is 260 g/mol. The number of rotatable bonds is 8. The number of aliphatic imine (C=N–C) groups is 1. The second-order valence-electron chi connectivity index (χ2n) is 5.50. The topological polar surface area (TPSA) is 102 Å². The van der Waals surface area contributed by atoms with Crippen LogP contribution in [0.4, 0.5) is 0 Å². The van der Waals surface area contributed by atoms with Gasteiger partial charge in [-0.3, -0.25) is 0 Å². The first-order valence-corrected chi connectivity index (χ1v) is 6.99. The third kappa shape index (κ3) is 3.76. The van der Waals surface area contributed by atoms with Gasteiger partial charge in [-0.25, -0.2) is 9.59 Å². The van der Waals surface area contributed by atoms with Gasteiger partial charge in [-0.05, 0) is 38.0 Å². The van der Waals surface area contributed by atoms with Crippen molar-refractivity contribution in [2.24, 2.45) is 22.6 Å². The molecule has 0 radical (unpaired) electrons. The van der Waals surface area contributed by atoms with E-state index in [9.17, 15) is 9.59 Å². The summed E-state index contributed by atoms with van der Waals surface area (Å²) in [5, 5.41) is 8.83. The Kier molecular flexibility index (Phi) is 5.06. The van der Waals surface area contributed by atoms with E-state index in [4.69, 9.17) is 15.6 Å². The lowest BCUT2D eigenvalue weighted by Gasteiger charge is -2.23. The third-order valence-electron chi connectivity index (χ3n) is 4.03. The number of carbonyl (C=O) groups is 1. The zero-order chi connectivity index (χ0) is 14.5. The number of carbonyl (C=O) groups excluding carboxylic acids is 1. The van der Waals surface area contributed by atoms with Gasteiger partial charge in [-0.1, -0.05) is 12.2 Å². The molecule has 2 bridgehead atoms. The van der Waals surface area contributed by atoms with Gasteiger partial charge >= 0.3 is 5.97 Å². The van der Waals surface area contributed by atoms with Crippen molar-refractivity contribution >= 4 is 12.0 Å². The molecule has 110 valence electrons. The lowest BCUT2D eigenvalue weighted by molar-refractivity contribution is -0.138. The molecule has 0 aromatic carbocycles. The average molecular weight is 280 g/mol. The smallest absolute Gasteiger partial charge is 0.329 e. The van der Waals surface area contributed by atoms with Crippen LogP contribution in [-0.4, -0.2) is 35.5 Å². The molecule has 2 rings (SSSR count). The van der Waals surface area contributed by atoms with E-state index in [1.807, 2.05) is 0 Å². The highest BCUT2D eigenvalue weighted by atomic mass is 16.5. The van der Waals surface area contributed by atoms with E-state index in [1.165, 1.54) is 6.08 Å². The van der Waals surface area contributed by atoms with Crippen LogP contribution in [0.2, 0.25) is 0 Å². The van der Waals surface area contributed by atoms with Gasteiger partial charge < -0.3 is 15.6 Å². The van der Waals surface area contributed by atoms with E-state index in [-0.39, 0.29) is 18.8 Å². The molecule has 3 N–H and O–H groups in total. The van der Waals surface area contributed by atoms with Gasteiger partial charge in [0.15, 0.2) is 6.04 Å². The van der Waals surface area contributed by atoms with Crippen molar-refractivity contribution in [2.45, 2.75) is 50.5 Å². The molecule has 0 heterocycles. The predicted octanol–water partition coefficient (Wildman–Crippen LogP) is 1.21. The molecule has 20 heavy (non-hydrogen) atoms. The third-order valence-corrected chi connectivity index (χ3v) is 4.03. The van der Waals surface area contributed by atoms with Gasteiger partial charge in [-0.2, -0.15) is 4.99 Å². The second-order valence-corrected chi connectivity index (χ2v) is 5.50. The summed E-state index contributed by atoms with van der Waals surface area (Å²) in [4.78, 5) is 24.2. The van der Waals surface area contributed by atoms with Crippen LogP contribution in [0.5, 0.6) is 0 Å². The fourth-order valence-corrected chi connectivity index (χ4v) is 3.00. The Morgan fingerprint density at radius 1 is 1.45 bits per heavy atom. The van der Waals surface area contributed by atoms with E-state index in [2.05, 4.69) is 17.1 Å². The minimum atomic E-state index is -1.11. The Morgan fingerprint density at radius 3 is 2.80 bits per heavy atom. The van der Waals surface area contributed by atoms with E-state index < -0.39 is 12.0 Å². The summed E-state index contributed by atoms with van der Waals surface area (Å²) in [5.41, 5.74) is 5.92. The van der Waals surface area contributed by atoms with Crippen LogP contribution in [0.1, 0.15) is 32.1 Å². The molecule has 0 spiro atoms. The van der Waals surface area contributed by atoms with Gasteiger partial charge in [0.05, 0.1) is 6.10 Å². The average Bonchev–Trinajstić information content (AvgIpc) is 2.99. The van der Waals surface area contributed by atoms with Crippen LogP contribution < -0.4 is 5.73 Å². The number of hydrogen-bond acceptors (Lipinski definition) is 5. The quantitative estimate of drug-likeness (QED) is 0.301. The Labute approximate surface area is 117 Å². The van der Waals surface area contributed by atoms with Crippen LogP contribution in [-0.2, 0) is 14.3 Å². The van der Waals surface area contributed by atoms with E-state index in [0.29, 0.717) is 24.7 Å². The molecule has 5 unspecified atom stereocenters. The second kappa shape index (κ2) is 6.79. The van der Waals surface area contributed by atoms with Crippen LogP contribution in [0.3, 0.4) is 0 Å². The van der Waals surface area contributed by atoms with Crippen molar-refractivity contribution < 1.29 is 19.4 Å². The molecule has 2 aliphatic rings. The number of isocyanates is 1. The zero-order valence-electron chi connectivity index (χ0n) is 11.3. The SMILES string of the molecule is NC(CCCC(N=C=O)C(=O)O)OC1CC2C=CC1C2. The summed E-state index contributed by atoms with van der Waals surface area (Å²) >= 11 is 0. The Hall–Kier alpha value is -1.49. The highest BCUT2D eigenvalue weighted by molar-refractivity contribution is 5.74. The molecular formula is C14H20N2O4. The van der Waals surface area contributed by atoms with E-state index in [0.717, 1.165) is 12.8 Å². The maximum absolute atomic E-state index is 10.8. The number of carboxylic acid groups (broad SMARTS) is 1. The molecule has 0 aromatic heterocycles. The fraction of sp³-hybridized carbons (Fsp3) is 0.714. The first-order valence-electron chi connectivity index (χ1n) is 6.99. The van der Waals surface area contributed by atoms with Gasteiger partial charge in [-0.15, -0.1) is 0 Å². The minimum Gasteiger partial charge on any atom is -0.480 e. The van der Waals surface area contributed by atoms with Gasteiger partial charge in [0.1, 0.15) is 6.23 Å². The Morgan fingerprint density at radius 2 is 2.25 bits per heavy atom.